The van der Waals surface area contributed by atoms with Gasteiger partial charge in [0.15, 0.2) is 11.3 Å². The van der Waals surface area contributed by atoms with Gasteiger partial charge in [0, 0.05) is 15.7 Å². The summed E-state index contributed by atoms with van der Waals surface area (Å²) in [5.74, 6) is -0.646. The predicted molar refractivity (Wildman–Crippen MR) is 92.5 cm³/mol. The Morgan fingerprint density at radius 1 is 1.22 bits per heavy atom. The molecule has 0 amide bonds. The summed E-state index contributed by atoms with van der Waals surface area (Å²) < 4.78 is 35.8. The highest BCUT2D eigenvalue weighted by molar-refractivity contribution is 6.08. The summed E-state index contributed by atoms with van der Waals surface area (Å²) in [6, 6.07) is 9.89. The van der Waals surface area contributed by atoms with Crippen LogP contribution in [0.4, 0.5) is 8.78 Å². The molecule has 0 saturated carbocycles. The van der Waals surface area contributed by atoms with E-state index in [2.05, 4.69) is 9.62 Å². The van der Waals surface area contributed by atoms with Gasteiger partial charge in [-0.3, -0.25) is 10.1 Å². The van der Waals surface area contributed by atoms with Gasteiger partial charge in [-0.1, -0.05) is 24.3 Å². The topological polar surface area (TPSA) is 84.0 Å². The lowest BCUT2D eigenvalue weighted by atomic mass is 9.91. The lowest BCUT2D eigenvalue weighted by molar-refractivity contribution is -0.483. The second-order valence-electron chi connectivity index (χ2n) is 5.82. The number of nitrogens with zero attached hydrogens (tertiary/aromatic N) is 1. The maximum Gasteiger partial charge on any atom is 0.387 e. The first-order valence-corrected chi connectivity index (χ1v) is 8.17. The van der Waals surface area contributed by atoms with E-state index in [0.717, 1.165) is 0 Å². The molecule has 0 N–H and O–H groups in total. The van der Waals surface area contributed by atoms with Gasteiger partial charge >= 0.3 is 6.61 Å². The molecule has 2 aromatic carbocycles. The Morgan fingerprint density at radius 2 is 2.00 bits per heavy atom. The third kappa shape index (κ3) is 4.15. The number of furan rings is 1. The SMILES string of the molecule is COOCCC(C[N+](=O)[O-])c1ccc(OC(F)F)c2oc3ccccc3c12. The Labute approximate surface area is 152 Å². The predicted octanol–water partition coefficient (Wildman–Crippen LogP) is 4.52. The monoisotopic (exact) mass is 381 g/mol. The van der Waals surface area contributed by atoms with Crippen LogP contribution in [0, 0.1) is 10.1 Å². The van der Waals surface area contributed by atoms with Crippen molar-refractivity contribution in [2.75, 3.05) is 20.3 Å². The van der Waals surface area contributed by atoms with E-state index in [0.29, 0.717) is 28.3 Å². The zero-order valence-electron chi connectivity index (χ0n) is 14.4. The molecule has 27 heavy (non-hydrogen) atoms. The van der Waals surface area contributed by atoms with Gasteiger partial charge in [-0.15, -0.1) is 0 Å². The normalized spacial score (nSPS) is 12.7. The maximum absolute atomic E-state index is 12.8. The average molecular weight is 381 g/mol. The van der Waals surface area contributed by atoms with Crippen LogP contribution in [0.3, 0.4) is 0 Å². The Balaban J connectivity index is 2.16. The molecule has 0 spiro atoms. The van der Waals surface area contributed by atoms with Gasteiger partial charge in [-0.25, -0.2) is 9.78 Å². The van der Waals surface area contributed by atoms with Crippen LogP contribution in [-0.4, -0.2) is 31.8 Å². The fourth-order valence-electron chi connectivity index (χ4n) is 3.16. The number of halogens is 2. The van der Waals surface area contributed by atoms with Crippen LogP contribution in [-0.2, 0) is 9.78 Å². The molecule has 0 bridgehead atoms. The van der Waals surface area contributed by atoms with Crippen LogP contribution >= 0.6 is 0 Å². The summed E-state index contributed by atoms with van der Waals surface area (Å²) in [6.45, 7) is -3.23. The zero-order valence-corrected chi connectivity index (χ0v) is 14.4. The van der Waals surface area contributed by atoms with Crippen LogP contribution in [0.5, 0.6) is 5.75 Å². The average Bonchev–Trinajstić information content (AvgIpc) is 3.01. The number of alkyl halides is 2. The van der Waals surface area contributed by atoms with Crippen LogP contribution in [0.1, 0.15) is 17.9 Å². The first kappa shape index (κ1) is 19.0. The fourth-order valence-corrected chi connectivity index (χ4v) is 3.16. The molecule has 0 aliphatic rings. The first-order valence-electron chi connectivity index (χ1n) is 8.17. The van der Waals surface area contributed by atoms with Crippen molar-refractivity contribution in [3.63, 3.8) is 0 Å². The fraction of sp³-hybridized carbons (Fsp3) is 0.333. The smallest absolute Gasteiger partial charge is 0.387 e. The molecule has 0 aliphatic heterocycles. The van der Waals surface area contributed by atoms with Gasteiger partial charge < -0.3 is 9.15 Å². The summed E-state index contributed by atoms with van der Waals surface area (Å²) in [4.78, 5) is 20.1. The van der Waals surface area contributed by atoms with E-state index in [1.807, 2.05) is 0 Å². The number of hydrogen-bond acceptors (Lipinski definition) is 6. The number of nitro groups is 1. The number of para-hydroxylation sites is 1. The Kier molecular flexibility index (Phi) is 5.82. The van der Waals surface area contributed by atoms with E-state index in [1.165, 1.54) is 13.2 Å². The van der Waals surface area contributed by atoms with E-state index < -0.39 is 17.5 Å². The van der Waals surface area contributed by atoms with Gasteiger partial charge in [0.1, 0.15) is 5.58 Å². The minimum Gasteiger partial charge on any atom is -0.452 e. The van der Waals surface area contributed by atoms with Gasteiger partial charge in [-0.05, 0) is 24.1 Å². The third-order valence-corrected chi connectivity index (χ3v) is 4.22. The first-order chi connectivity index (χ1) is 13.0. The molecular weight excluding hydrogens is 364 g/mol. The Bertz CT molecular complexity index is 942. The van der Waals surface area contributed by atoms with E-state index in [9.17, 15) is 18.9 Å². The molecule has 3 aromatic rings. The van der Waals surface area contributed by atoms with Crippen molar-refractivity contribution in [2.45, 2.75) is 19.0 Å². The Hall–Kier alpha value is -2.78. The summed E-state index contributed by atoms with van der Waals surface area (Å²) in [5.41, 5.74) is 1.22. The largest absolute Gasteiger partial charge is 0.452 e. The minimum absolute atomic E-state index is 0.118. The zero-order chi connectivity index (χ0) is 19.4. The van der Waals surface area contributed by atoms with Crippen molar-refractivity contribution in [3.8, 4) is 5.75 Å². The molecule has 9 heteroatoms. The molecular formula is C18H17F2NO6. The summed E-state index contributed by atoms with van der Waals surface area (Å²) in [6.07, 6.45) is 0.304. The van der Waals surface area contributed by atoms with E-state index in [1.54, 1.807) is 30.3 Å². The van der Waals surface area contributed by atoms with Gasteiger partial charge in [-0.2, -0.15) is 8.78 Å². The molecule has 144 valence electrons. The molecule has 0 saturated heterocycles. The van der Waals surface area contributed by atoms with Crippen LogP contribution < -0.4 is 4.74 Å². The molecule has 3 rings (SSSR count). The molecule has 1 aromatic heterocycles. The Morgan fingerprint density at radius 3 is 2.70 bits per heavy atom. The van der Waals surface area contributed by atoms with Crippen LogP contribution in [0.15, 0.2) is 40.8 Å². The van der Waals surface area contributed by atoms with Crippen LogP contribution in [0.2, 0.25) is 0 Å². The van der Waals surface area contributed by atoms with E-state index >= 15 is 0 Å². The number of hydrogen-bond donors (Lipinski definition) is 0. The van der Waals surface area contributed by atoms with Gasteiger partial charge in [0.25, 0.3) is 0 Å². The molecule has 7 nitrogen and oxygen atoms in total. The number of fused-ring (bicyclic) bond motifs is 3. The quantitative estimate of drug-likeness (QED) is 0.235. The van der Waals surface area contributed by atoms with Crippen molar-refractivity contribution in [3.05, 3.63) is 52.1 Å². The van der Waals surface area contributed by atoms with Gasteiger partial charge in [0.05, 0.1) is 19.6 Å². The highest BCUT2D eigenvalue weighted by atomic mass is 19.3. The second kappa shape index (κ2) is 8.28. The van der Waals surface area contributed by atoms with E-state index in [-0.39, 0.29) is 24.5 Å². The highest BCUT2D eigenvalue weighted by Crippen LogP contribution is 2.40. The lowest BCUT2D eigenvalue weighted by Gasteiger charge is -2.15. The molecule has 0 aliphatic carbocycles. The number of rotatable bonds is 9. The van der Waals surface area contributed by atoms with Crippen molar-refractivity contribution < 1.29 is 32.6 Å². The molecule has 0 radical (unpaired) electrons. The molecule has 1 atom stereocenters. The van der Waals surface area contributed by atoms with Crippen molar-refractivity contribution in [1.82, 2.24) is 0 Å². The van der Waals surface area contributed by atoms with Crippen molar-refractivity contribution in [1.29, 1.82) is 0 Å². The third-order valence-electron chi connectivity index (χ3n) is 4.22. The summed E-state index contributed by atoms with van der Waals surface area (Å²) >= 11 is 0. The second-order valence-corrected chi connectivity index (χ2v) is 5.82. The number of benzene rings is 2. The highest BCUT2D eigenvalue weighted by Gasteiger charge is 2.25. The standard InChI is InChI=1S/C18H17F2NO6/c1-24-25-9-8-11(10-21(22)23)12-6-7-15(27-18(19)20)17-16(12)13-4-2-3-5-14(13)26-17/h2-7,11,18H,8-10H2,1H3. The van der Waals surface area contributed by atoms with Crippen molar-refractivity contribution >= 4 is 21.9 Å². The van der Waals surface area contributed by atoms with E-state index in [4.69, 9.17) is 9.30 Å². The maximum atomic E-state index is 12.8. The lowest BCUT2D eigenvalue weighted by Crippen LogP contribution is -2.15. The van der Waals surface area contributed by atoms with Gasteiger partial charge in [0.2, 0.25) is 6.54 Å². The summed E-state index contributed by atoms with van der Waals surface area (Å²) in [7, 11) is 1.35. The van der Waals surface area contributed by atoms with Crippen molar-refractivity contribution in [2.24, 2.45) is 0 Å². The van der Waals surface area contributed by atoms with Crippen LogP contribution in [0.25, 0.3) is 21.9 Å². The molecule has 1 unspecified atom stereocenters. The molecule has 1 heterocycles. The summed E-state index contributed by atoms with van der Waals surface area (Å²) in [5, 5.41) is 12.3. The molecule has 0 fully saturated rings. The minimum atomic E-state index is -3.02. The number of ether oxygens (including phenoxy) is 1.